The van der Waals surface area contributed by atoms with Crippen molar-refractivity contribution in [3.8, 4) is 17.0 Å². The summed E-state index contributed by atoms with van der Waals surface area (Å²) < 4.78 is 21.0. The van der Waals surface area contributed by atoms with Gasteiger partial charge in [-0.2, -0.15) is 5.10 Å². The zero-order valence-corrected chi connectivity index (χ0v) is 16.7. The third-order valence-corrected chi connectivity index (χ3v) is 6.10. The second kappa shape index (κ2) is 7.55. The van der Waals surface area contributed by atoms with Gasteiger partial charge in [-0.05, 0) is 55.3 Å². The van der Waals surface area contributed by atoms with E-state index in [0.717, 1.165) is 37.0 Å². The van der Waals surface area contributed by atoms with Gasteiger partial charge in [-0.25, -0.2) is 4.39 Å². The van der Waals surface area contributed by atoms with Crippen LogP contribution in [0.4, 0.5) is 4.39 Å². The van der Waals surface area contributed by atoms with E-state index < -0.39 is 0 Å². The highest BCUT2D eigenvalue weighted by Gasteiger charge is 2.44. The summed E-state index contributed by atoms with van der Waals surface area (Å²) in [6.07, 6.45) is 7.17. The van der Waals surface area contributed by atoms with Gasteiger partial charge >= 0.3 is 0 Å². The number of piperidine rings is 1. The van der Waals surface area contributed by atoms with Crippen molar-refractivity contribution in [3.05, 3.63) is 66.4 Å². The first-order chi connectivity index (χ1) is 14.6. The molecule has 154 valence electrons. The van der Waals surface area contributed by atoms with Crippen LogP contribution in [0.25, 0.3) is 11.3 Å². The van der Waals surface area contributed by atoms with E-state index in [-0.39, 0.29) is 29.9 Å². The molecule has 6 nitrogen and oxygen atoms in total. The van der Waals surface area contributed by atoms with Gasteiger partial charge in [0.25, 0.3) is 5.91 Å². The second-order valence-corrected chi connectivity index (χ2v) is 8.04. The Bertz CT molecular complexity index is 1040. The van der Waals surface area contributed by atoms with Gasteiger partial charge < -0.3 is 9.64 Å². The number of carbonyl (C=O) groups is 1. The molecule has 0 radical (unpaired) electrons. The molecule has 7 heteroatoms. The summed E-state index contributed by atoms with van der Waals surface area (Å²) in [7, 11) is 1.78. The molecule has 2 saturated heterocycles. The number of hydrogen-bond acceptors (Lipinski definition) is 4. The van der Waals surface area contributed by atoms with Gasteiger partial charge in [-0.15, -0.1) is 0 Å². The van der Waals surface area contributed by atoms with Crippen molar-refractivity contribution >= 4 is 5.91 Å². The van der Waals surface area contributed by atoms with E-state index in [1.54, 1.807) is 42.3 Å². The lowest BCUT2D eigenvalue weighted by molar-refractivity contribution is 0.0349. The first-order valence-corrected chi connectivity index (χ1v) is 10.3. The topological polar surface area (TPSA) is 60.2 Å². The summed E-state index contributed by atoms with van der Waals surface area (Å²) in [5.41, 5.74) is 2.01. The Morgan fingerprint density at radius 3 is 2.53 bits per heavy atom. The molecule has 4 heterocycles. The Labute approximate surface area is 174 Å². The Balaban J connectivity index is 1.33. The molecule has 1 aromatic carbocycles. The monoisotopic (exact) mass is 406 g/mol. The van der Waals surface area contributed by atoms with Crippen molar-refractivity contribution in [2.24, 2.45) is 7.05 Å². The van der Waals surface area contributed by atoms with E-state index in [2.05, 4.69) is 10.1 Å². The molecule has 3 aromatic rings. The number of aromatic nitrogens is 3. The van der Waals surface area contributed by atoms with E-state index in [9.17, 15) is 9.18 Å². The number of nitrogens with zero attached hydrogens (tertiary/aromatic N) is 4. The molecule has 2 atom stereocenters. The normalized spacial score (nSPS) is 22.9. The highest BCUT2D eigenvalue weighted by molar-refractivity contribution is 5.94. The van der Waals surface area contributed by atoms with Gasteiger partial charge in [0.05, 0.1) is 11.9 Å². The number of pyridine rings is 1. The van der Waals surface area contributed by atoms with E-state index in [1.807, 2.05) is 17.0 Å². The van der Waals surface area contributed by atoms with Crippen LogP contribution in [0.3, 0.4) is 0 Å². The number of halogens is 1. The molecule has 0 N–H and O–H groups in total. The van der Waals surface area contributed by atoms with E-state index in [1.165, 1.54) is 12.1 Å². The van der Waals surface area contributed by atoms with Crippen molar-refractivity contribution in [1.82, 2.24) is 19.7 Å². The predicted octanol–water partition coefficient (Wildman–Crippen LogP) is 3.84. The number of benzene rings is 1. The Morgan fingerprint density at radius 2 is 1.87 bits per heavy atom. The van der Waals surface area contributed by atoms with Crippen LogP contribution in [0.15, 0.2) is 54.9 Å². The minimum atomic E-state index is -0.293. The summed E-state index contributed by atoms with van der Waals surface area (Å²) in [5.74, 6) is 0.488. The maximum atomic E-state index is 13.4. The smallest absolute Gasteiger partial charge is 0.272 e. The molecule has 2 bridgehead atoms. The molecule has 2 aliphatic heterocycles. The standard InChI is InChI=1S/C23H23FN4O2/c1-27-22(13-21(26-27)15-4-6-16(24)7-5-15)23(29)28-17-8-9-18(28)12-20(11-17)30-19-3-2-10-25-14-19/h2-7,10,13-14,17-18,20H,8-9,11-12H2,1H3. The SMILES string of the molecule is Cn1nc(-c2ccc(F)cc2)cc1C(=O)N1C2CCC1CC(Oc1cccnc1)C2. The lowest BCUT2D eigenvalue weighted by Crippen LogP contribution is -2.49. The number of rotatable bonds is 4. The molecule has 5 rings (SSSR count). The summed E-state index contributed by atoms with van der Waals surface area (Å²) in [6, 6.07) is 12.1. The Morgan fingerprint density at radius 1 is 1.13 bits per heavy atom. The third-order valence-electron chi connectivity index (χ3n) is 6.10. The molecule has 2 fully saturated rings. The maximum absolute atomic E-state index is 13.4. The molecule has 2 unspecified atom stereocenters. The van der Waals surface area contributed by atoms with Crippen LogP contribution in [-0.4, -0.2) is 43.8 Å². The van der Waals surface area contributed by atoms with Crippen LogP contribution >= 0.6 is 0 Å². The van der Waals surface area contributed by atoms with Crippen LogP contribution < -0.4 is 4.74 Å². The molecular weight excluding hydrogens is 383 g/mol. The van der Waals surface area contributed by atoms with Crippen LogP contribution in [-0.2, 0) is 7.05 Å². The number of hydrogen-bond donors (Lipinski definition) is 0. The summed E-state index contributed by atoms with van der Waals surface area (Å²) in [6.45, 7) is 0. The van der Waals surface area contributed by atoms with Crippen LogP contribution in [0.1, 0.15) is 36.2 Å². The van der Waals surface area contributed by atoms with Gasteiger partial charge in [-0.3, -0.25) is 14.5 Å². The fourth-order valence-electron chi connectivity index (χ4n) is 4.73. The summed E-state index contributed by atoms with van der Waals surface area (Å²) >= 11 is 0. The van der Waals surface area contributed by atoms with Gasteiger partial charge in [0.1, 0.15) is 23.4 Å². The molecule has 0 spiro atoms. The number of carbonyl (C=O) groups excluding carboxylic acids is 1. The highest BCUT2D eigenvalue weighted by Crippen LogP contribution is 2.38. The first kappa shape index (κ1) is 18.8. The average molecular weight is 406 g/mol. The molecule has 1 amide bonds. The molecular formula is C23H23FN4O2. The first-order valence-electron chi connectivity index (χ1n) is 10.3. The number of amides is 1. The van der Waals surface area contributed by atoms with Crippen molar-refractivity contribution in [2.75, 3.05) is 0 Å². The van der Waals surface area contributed by atoms with Crippen molar-refractivity contribution in [3.63, 3.8) is 0 Å². The summed E-state index contributed by atoms with van der Waals surface area (Å²) in [5, 5.41) is 4.48. The van der Waals surface area contributed by atoms with Crippen molar-refractivity contribution < 1.29 is 13.9 Å². The fourth-order valence-corrected chi connectivity index (χ4v) is 4.73. The van der Waals surface area contributed by atoms with Crippen LogP contribution in [0.5, 0.6) is 5.75 Å². The average Bonchev–Trinajstić information content (AvgIpc) is 3.26. The third kappa shape index (κ3) is 3.44. The maximum Gasteiger partial charge on any atom is 0.272 e. The number of fused-ring (bicyclic) bond motifs is 2. The van der Waals surface area contributed by atoms with Gasteiger partial charge in [0, 0.05) is 43.7 Å². The molecule has 0 saturated carbocycles. The van der Waals surface area contributed by atoms with Gasteiger partial charge in [0.15, 0.2) is 0 Å². The Hall–Kier alpha value is -3.22. The number of ether oxygens (including phenoxy) is 1. The van der Waals surface area contributed by atoms with E-state index in [0.29, 0.717) is 11.4 Å². The van der Waals surface area contributed by atoms with Crippen molar-refractivity contribution in [2.45, 2.75) is 43.9 Å². The lowest BCUT2D eigenvalue weighted by atomic mass is 9.99. The Kier molecular flexibility index (Phi) is 4.73. The highest BCUT2D eigenvalue weighted by atomic mass is 19.1. The van der Waals surface area contributed by atoms with Gasteiger partial charge in [-0.1, -0.05) is 0 Å². The fraction of sp³-hybridized carbons (Fsp3) is 0.348. The second-order valence-electron chi connectivity index (χ2n) is 8.04. The zero-order valence-electron chi connectivity index (χ0n) is 16.7. The molecule has 30 heavy (non-hydrogen) atoms. The van der Waals surface area contributed by atoms with Crippen molar-refractivity contribution in [1.29, 1.82) is 0 Å². The minimum absolute atomic E-state index is 0.00527. The largest absolute Gasteiger partial charge is 0.489 e. The lowest BCUT2D eigenvalue weighted by Gasteiger charge is -2.38. The van der Waals surface area contributed by atoms with E-state index in [4.69, 9.17) is 4.74 Å². The molecule has 0 aliphatic carbocycles. The van der Waals surface area contributed by atoms with E-state index >= 15 is 0 Å². The number of aryl methyl sites for hydroxylation is 1. The van der Waals surface area contributed by atoms with Crippen LogP contribution in [0, 0.1) is 5.82 Å². The van der Waals surface area contributed by atoms with Gasteiger partial charge in [0.2, 0.25) is 0 Å². The molecule has 2 aromatic heterocycles. The predicted molar refractivity (Wildman–Crippen MR) is 109 cm³/mol. The quantitative estimate of drug-likeness (QED) is 0.661. The zero-order chi connectivity index (χ0) is 20.7. The minimum Gasteiger partial charge on any atom is -0.489 e. The molecule has 2 aliphatic rings. The van der Waals surface area contributed by atoms with Crippen LogP contribution in [0.2, 0.25) is 0 Å². The summed E-state index contributed by atoms with van der Waals surface area (Å²) in [4.78, 5) is 19.5.